The Morgan fingerprint density at radius 1 is 1.22 bits per heavy atom. The maximum atomic E-state index is 12.9. The van der Waals surface area contributed by atoms with E-state index < -0.39 is 0 Å². The van der Waals surface area contributed by atoms with Gasteiger partial charge in [0.1, 0.15) is 5.82 Å². The molecule has 0 spiro atoms. The number of rotatable bonds is 3. The van der Waals surface area contributed by atoms with Gasteiger partial charge in [-0.1, -0.05) is 38.3 Å². The first-order chi connectivity index (χ1) is 8.61. The Hall–Kier alpha value is -0.890. The molecule has 1 nitrogen and oxygen atoms in total. The van der Waals surface area contributed by atoms with E-state index in [4.69, 9.17) is 5.73 Å². The summed E-state index contributed by atoms with van der Waals surface area (Å²) in [5, 5.41) is 0. The van der Waals surface area contributed by atoms with Gasteiger partial charge in [0.2, 0.25) is 0 Å². The number of benzene rings is 1. The van der Waals surface area contributed by atoms with E-state index in [9.17, 15) is 4.39 Å². The summed E-state index contributed by atoms with van der Waals surface area (Å²) >= 11 is 0. The quantitative estimate of drug-likeness (QED) is 0.803. The average molecular weight is 249 g/mol. The van der Waals surface area contributed by atoms with Gasteiger partial charge in [-0.15, -0.1) is 0 Å². The molecule has 1 aromatic rings. The van der Waals surface area contributed by atoms with Crippen molar-refractivity contribution in [2.45, 2.75) is 57.4 Å². The van der Waals surface area contributed by atoms with Crippen molar-refractivity contribution in [1.82, 2.24) is 0 Å². The molecule has 0 heterocycles. The second kappa shape index (κ2) is 5.83. The monoisotopic (exact) mass is 249 g/mol. The fraction of sp³-hybridized carbons (Fsp3) is 0.625. The summed E-state index contributed by atoms with van der Waals surface area (Å²) in [5.41, 5.74) is 7.63. The smallest absolute Gasteiger partial charge is 0.123 e. The van der Waals surface area contributed by atoms with Crippen molar-refractivity contribution in [2.24, 2.45) is 11.7 Å². The topological polar surface area (TPSA) is 26.0 Å². The highest BCUT2D eigenvalue weighted by molar-refractivity contribution is 5.19. The van der Waals surface area contributed by atoms with Crippen LogP contribution in [0.5, 0.6) is 0 Å². The van der Waals surface area contributed by atoms with Gasteiger partial charge in [-0.2, -0.15) is 0 Å². The number of hydrogen-bond donors (Lipinski definition) is 1. The zero-order valence-corrected chi connectivity index (χ0v) is 11.3. The first-order valence-electron chi connectivity index (χ1n) is 7.15. The van der Waals surface area contributed by atoms with E-state index in [1.54, 1.807) is 0 Å². The van der Waals surface area contributed by atoms with Gasteiger partial charge >= 0.3 is 0 Å². The van der Waals surface area contributed by atoms with Gasteiger partial charge in [0.05, 0.1) is 0 Å². The molecular weight excluding hydrogens is 225 g/mol. The minimum absolute atomic E-state index is 0.0816. The molecule has 0 radical (unpaired) electrons. The first-order valence-corrected chi connectivity index (χ1v) is 7.15. The van der Waals surface area contributed by atoms with Crippen LogP contribution in [0.25, 0.3) is 0 Å². The van der Waals surface area contributed by atoms with Gasteiger partial charge in [0.15, 0.2) is 0 Å². The van der Waals surface area contributed by atoms with E-state index in [1.165, 1.54) is 37.8 Å². The summed E-state index contributed by atoms with van der Waals surface area (Å²) < 4.78 is 12.9. The van der Waals surface area contributed by atoms with Gasteiger partial charge in [0.25, 0.3) is 0 Å². The lowest BCUT2D eigenvalue weighted by Crippen LogP contribution is -2.41. The second-order valence-corrected chi connectivity index (χ2v) is 5.87. The standard InChI is InChI=1S/C16H24FN/c1-2-13-4-3-10-16(18,11-9-13)12-14-5-7-15(17)8-6-14/h5-8,13H,2-4,9-12,18H2,1H3. The predicted molar refractivity (Wildman–Crippen MR) is 73.9 cm³/mol. The summed E-state index contributed by atoms with van der Waals surface area (Å²) in [7, 11) is 0. The Labute approximate surface area is 110 Å². The molecule has 1 saturated carbocycles. The second-order valence-electron chi connectivity index (χ2n) is 5.87. The summed E-state index contributed by atoms with van der Waals surface area (Å²) in [6.07, 6.45) is 8.14. The molecule has 100 valence electrons. The summed E-state index contributed by atoms with van der Waals surface area (Å²) in [6.45, 7) is 2.27. The maximum absolute atomic E-state index is 12.9. The molecule has 1 aromatic carbocycles. The molecule has 0 saturated heterocycles. The van der Waals surface area contributed by atoms with Crippen molar-refractivity contribution in [3.63, 3.8) is 0 Å². The molecule has 2 rings (SSSR count). The molecule has 18 heavy (non-hydrogen) atoms. The number of nitrogens with two attached hydrogens (primary N) is 1. The maximum Gasteiger partial charge on any atom is 0.123 e. The molecule has 0 aromatic heterocycles. The van der Waals surface area contributed by atoms with Gasteiger partial charge in [-0.05, 0) is 49.3 Å². The highest BCUT2D eigenvalue weighted by Gasteiger charge is 2.28. The summed E-state index contributed by atoms with van der Waals surface area (Å²) in [4.78, 5) is 0. The van der Waals surface area contributed by atoms with Crippen molar-refractivity contribution in [3.8, 4) is 0 Å². The highest BCUT2D eigenvalue weighted by atomic mass is 19.1. The van der Waals surface area contributed by atoms with Crippen LogP contribution in [0, 0.1) is 11.7 Å². The molecule has 1 aliphatic rings. The zero-order chi connectivity index (χ0) is 13.0. The van der Waals surface area contributed by atoms with E-state index in [0.29, 0.717) is 0 Å². The van der Waals surface area contributed by atoms with Gasteiger partial charge in [-0.3, -0.25) is 0 Å². The Morgan fingerprint density at radius 3 is 2.61 bits per heavy atom. The third kappa shape index (κ3) is 3.55. The van der Waals surface area contributed by atoms with Crippen molar-refractivity contribution < 1.29 is 4.39 Å². The summed E-state index contributed by atoms with van der Waals surface area (Å²) in [6, 6.07) is 6.80. The van der Waals surface area contributed by atoms with Crippen LogP contribution in [-0.4, -0.2) is 5.54 Å². The normalized spacial score (nSPS) is 28.9. The van der Waals surface area contributed by atoms with Crippen LogP contribution >= 0.6 is 0 Å². The Bertz CT molecular complexity index is 373. The molecule has 2 N–H and O–H groups in total. The predicted octanol–water partition coefficient (Wildman–Crippen LogP) is 4.06. The SMILES string of the molecule is CCC1CCCC(N)(Cc2ccc(F)cc2)CC1. The van der Waals surface area contributed by atoms with E-state index in [1.807, 2.05) is 12.1 Å². The molecule has 1 aliphatic carbocycles. The largest absolute Gasteiger partial charge is 0.325 e. The lowest BCUT2D eigenvalue weighted by atomic mass is 9.84. The molecule has 1 fully saturated rings. The average Bonchev–Trinajstić information content (AvgIpc) is 2.54. The molecule has 2 unspecified atom stereocenters. The van der Waals surface area contributed by atoms with Crippen molar-refractivity contribution >= 4 is 0 Å². The van der Waals surface area contributed by atoms with Gasteiger partial charge in [-0.25, -0.2) is 4.39 Å². The van der Waals surface area contributed by atoms with Crippen LogP contribution in [0.1, 0.15) is 51.0 Å². The van der Waals surface area contributed by atoms with E-state index in [-0.39, 0.29) is 11.4 Å². The summed E-state index contributed by atoms with van der Waals surface area (Å²) in [5.74, 6) is 0.681. The third-order valence-corrected chi connectivity index (χ3v) is 4.38. The molecule has 0 aliphatic heterocycles. The molecule has 0 amide bonds. The molecule has 0 bridgehead atoms. The fourth-order valence-electron chi connectivity index (χ4n) is 3.10. The van der Waals surface area contributed by atoms with Crippen molar-refractivity contribution in [1.29, 1.82) is 0 Å². The van der Waals surface area contributed by atoms with Crippen LogP contribution in [0.4, 0.5) is 4.39 Å². The van der Waals surface area contributed by atoms with Crippen LogP contribution in [0.3, 0.4) is 0 Å². The van der Waals surface area contributed by atoms with Crippen LogP contribution in [0.15, 0.2) is 24.3 Å². The number of halogens is 1. The Balaban J connectivity index is 2.00. The Morgan fingerprint density at radius 2 is 1.94 bits per heavy atom. The van der Waals surface area contributed by atoms with Gasteiger partial charge in [0, 0.05) is 5.54 Å². The first kappa shape index (κ1) is 13.5. The molecule has 2 heteroatoms. The van der Waals surface area contributed by atoms with E-state index in [0.717, 1.165) is 30.7 Å². The lowest BCUT2D eigenvalue weighted by molar-refractivity contribution is 0.358. The van der Waals surface area contributed by atoms with E-state index >= 15 is 0 Å². The van der Waals surface area contributed by atoms with Crippen LogP contribution in [-0.2, 0) is 6.42 Å². The molecular formula is C16H24FN. The van der Waals surface area contributed by atoms with Crippen LogP contribution in [0.2, 0.25) is 0 Å². The van der Waals surface area contributed by atoms with Crippen molar-refractivity contribution in [2.75, 3.05) is 0 Å². The fourth-order valence-corrected chi connectivity index (χ4v) is 3.10. The third-order valence-electron chi connectivity index (χ3n) is 4.38. The Kier molecular flexibility index (Phi) is 4.39. The minimum atomic E-state index is -0.170. The van der Waals surface area contributed by atoms with Gasteiger partial charge < -0.3 is 5.73 Å². The zero-order valence-electron chi connectivity index (χ0n) is 11.3. The highest BCUT2D eigenvalue weighted by Crippen LogP contribution is 2.32. The van der Waals surface area contributed by atoms with Crippen molar-refractivity contribution in [3.05, 3.63) is 35.6 Å². The van der Waals surface area contributed by atoms with E-state index in [2.05, 4.69) is 6.92 Å². The molecule has 2 atom stereocenters. The minimum Gasteiger partial charge on any atom is -0.325 e. The van der Waals surface area contributed by atoms with Crippen LogP contribution < -0.4 is 5.73 Å². The lowest BCUT2D eigenvalue weighted by Gasteiger charge is -2.28. The number of hydrogen-bond acceptors (Lipinski definition) is 1.